The molecule has 3 aromatic rings. The molecule has 1 heterocycles. The van der Waals surface area contributed by atoms with E-state index in [9.17, 15) is 14.0 Å². The summed E-state index contributed by atoms with van der Waals surface area (Å²) in [6.45, 7) is 1.77. The summed E-state index contributed by atoms with van der Waals surface area (Å²) in [7, 11) is 0. The molecule has 2 aromatic carbocycles. The lowest BCUT2D eigenvalue weighted by Crippen LogP contribution is -2.13. The maximum Gasteiger partial charge on any atom is 0.226 e. The molecule has 0 bridgehead atoms. The SMILES string of the molecule is CCC(=O)Nc1cccc(NC(=O)CCCc2nc(-c3ccc(F)cc3)no2)c1. The summed E-state index contributed by atoms with van der Waals surface area (Å²) in [5.41, 5.74) is 1.91. The van der Waals surface area contributed by atoms with Crippen LogP contribution >= 0.6 is 0 Å². The van der Waals surface area contributed by atoms with Crippen LogP contribution in [0.15, 0.2) is 53.1 Å². The number of amides is 2. The predicted molar refractivity (Wildman–Crippen MR) is 107 cm³/mol. The summed E-state index contributed by atoms with van der Waals surface area (Å²) in [5, 5.41) is 9.43. The molecule has 3 rings (SSSR count). The molecule has 150 valence electrons. The number of halogens is 1. The van der Waals surface area contributed by atoms with Crippen molar-refractivity contribution in [3.05, 3.63) is 60.2 Å². The lowest BCUT2D eigenvalue weighted by Gasteiger charge is -2.08. The Morgan fingerprint density at radius 3 is 2.41 bits per heavy atom. The largest absolute Gasteiger partial charge is 0.339 e. The van der Waals surface area contributed by atoms with Crippen LogP contribution in [0.4, 0.5) is 15.8 Å². The van der Waals surface area contributed by atoms with E-state index in [1.807, 2.05) is 0 Å². The van der Waals surface area contributed by atoms with E-state index < -0.39 is 0 Å². The lowest BCUT2D eigenvalue weighted by atomic mass is 10.2. The molecule has 0 saturated heterocycles. The monoisotopic (exact) mass is 396 g/mol. The summed E-state index contributed by atoms with van der Waals surface area (Å²) >= 11 is 0. The van der Waals surface area contributed by atoms with Gasteiger partial charge in [-0.2, -0.15) is 4.98 Å². The second-order valence-corrected chi connectivity index (χ2v) is 6.40. The maximum atomic E-state index is 13.0. The molecule has 8 heteroatoms. The van der Waals surface area contributed by atoms with Crippen molar-refractivity contribution in [3.63, 3.8) is 0 Å². The van der Waals surface area contributed by atoms with E-state index in [4.69, 9.17) is 4.52 Å². The Morgan fingerprint density at radius 1 is 1.03 bits per heavy atom. The Hall–Kier alpha value is -3.55. The summed E-state index contributed by atoms with van der Waals surface area (Å²) in [6.07, 6.45) is 1.65. The minimum atomic E-state index is -0.332. The first kappa shape index (κ1) is 20.2. The molecule has 1 aromatic heterocycles. The zero-order valence-corrected chi connectivity index (χ0v) is 15.9. The molecule has 0 fully saturated rings. The quantitative estimate of drug-likeness (QED) is 0.595. The average molecular weight is 396 g/mol. The number of hydrogen-bond acceptors (Lipinski definition) is 5. The molecule has 0 spiro atoms. The van der Waals surface area contributed by atoms with Gasteiger partial charge in [0.2, 0.25) is 23.5 Å². The summed E-state index contributed by atoms with van der Waals surface area (Å²) < 4.78 is 18.2. The van der Waals surface area contributed by atoms with Crippen LogP contribution in [0.3, 0.4) is 0 Å². The van der Waals surface area contributed by atoms with Gasteiger partial charge in [0.1, 0.15) is 5.82 Å². The molecule has 29 heavy (non-hydrogen) atoms. The Bertz CT molecular complexity index is 986. The minimum absolute atomic E-state index is 0.0898. The zero-order chi connectivity index (χ0) is 20.6. The van der Waals surface area contributed by atoms with Crippen molar-refractivity contribution in [1.82, 2.24) is 10.1 Å². The van der Waals surface area contributed by atoms with Crippen molar-refractivity contribution >= 4 is 23.2 Å². The number of nitrogens with zero attached hydrogens (tertiary/aromatic N) is 2. The third-order valence-electron chi connectivity index (χ3n) is 4.12. The van der Waals surface area contributed by atoms with E-state index in [1.54, 1.807) is 43.3 Å². The van der Waals surface area contributed by atoms with Crippen molar-refractivity contribution < 1.29 is 18.5 Å². The van der Waals surface area contributed by atoms with Gasteiger partial charge in [0, 0.05) is 36.2 Å². The van der Waals surface area contributed by atoms with Gasteiger partial charge in [0.15, 0.2) is 0 Å². The van der Waals surface area contributed by atoms with Gasteiger partial charge < -0.3 is 15.2 Å². The van der Waals surface area contributed by atoms with Crippen LogP contribution in [0.5, 0.6) is 0 Å². The van der Waals surface area contributed by atoms with Gasteiger partial charge in [-0.3, -0.25) is 9.59 Å². The molecule has 2 amide bonds. The Labute approximate surface area is 167 Å². The third kappa shape index (κ3) is 5.97. The normalized spacial score (nSPS) is 10.6. The third-order valence-corrected chi connectivity index (χ3v) is 4.12. The molecule has 0 aliphatic heterocycles. The molecule has 0 saturated carbocycles. The number of aromatic nitrogens is 2. The highest BCUT2D eigenvalue weighted by Gasteiger charge is 2.10. The fraction of sp³-hybridized carbons (Fsp3) is 0.238. The van der Waals surface area contributed by atoms with Crippen molar-refractivity contribution in [3.8, 4) is 11.4 Å². The van der Waals surface area contributed by atoms with E-state index in [1.165, 1.54) is 12.1 Å². The number of carbonyl (C=O) groups is 2. The predicted octanol–water partition coefficient (Wildman–Crippen LogP) is 4.19. The number of nitrogens with one attached hydrogen (secondary N) is 2. The first-order valence-electron chi connectivity index (χ1n) is 9.32. The van der Waals surface area contributed by atoms with Crippen molar-refractivity contribution in [2.45, 2.75) is 32.6 Å². The van der Waals surface area contributed by atoms with Gasteiger partial charge >= 0.3 is 0 Å². The average Bonchev–Trinajstić information content (AvgIpc) is 3.17. The smallest absolute Gasteiger partial charge is 0.226 e. The zero-order valence-electron chi connectivity index (χ0n) is 15.9. The van der Waals surface area contributed by atoms with Crippen molar-refractivity contribution in [2.24, 2.45) is 0 Å². The van der Waals surface area contributed by atoms with Crippen LogP contribution in [0.1, 0.15) is 32.1 Å². The fourth-order valence-corrected chi connectivity index (χ4v) is 2.62. The molecule has 0 radical (unpaired) electrons. The topological polar surface area (TPSA) is 97.1 Å². The van der Waals surface area contributed by atoms with Crippen LogP contribution in [0, 0.1) is 5.82 Å². The molecule has 0 unspecified atom stereocenters. The Balaban J connectivity index is 1.47. The molecule has 0 aliphatic rings. The summed E-state index contributed by atoms with van der Waals surface area (Å²) in [6, 6.07) is 12.8. The number of anilines is 2. The van der Waals surface area contributed by atoms with Gasteiger partial charge in [0.25, 0.3) is 0 Å². The van der Waals surface area contributed by atoms with Crippen molar-refractivity contribution in [1.29, 1.82) is 0 Å². The molecular formula is C21H21FN4O3. The highest BCUT2D eigenvalue weighted by atomic mass is 19.1. The van der Waals surface area contributed by atoms with Gasteiger partial charge in [-0.1, -0.05) is 18.1 Å². The van der Waals surface area contributed by atoms with E-state index in [0.717, 1.165) is 0 Å². The molecule has 0 atom stereocenters. The number of benzene rings is 2. The molecule has 0 aliphatic carbocycles. The maximum absolute atomic E-state index is 13.0. The number of rotatable bonds is 8. The van der Waals surface area contributed by atoms with Crippen LogP contribution < -0.4 is 10.6 Å². The Morgan fingerprint density at radius 2 is 1.72 bits per heavy atom. The highest BCUT2D eigenvalue weighted by molar-refractivity contribution is 5.93. The van der Waals surface area contributed by atoms with E-state index >= 15 is 0 Å². The van der Waals surface area contributed by atoms with Gasteiger partial charge in [-0.05, 0) is 48.9 Å². The van der Waals surface area contributed by atoms with Crippen molar-refractivity contribution in [2.75, 3.05) is 10.6 Å². The molecule has 7 nitrogen and oxygen atoms in total. The summed E-state index contributed by atoms with van der Waals surface area (Å²) in [4.78, 5) is 27.9. The second-order valence-electron chi connectivity index (χ2n) is 6.40. The fourth-order valence-electron chi connectivity index (χ4n) is 2.62. The lowest BCUT2D eigenvalue weighted by molar-refractivity contribution is -0.116. The van der Waals surface area contributed by atoms with E-state index in [2.05, 4.69) is 20.8 Å². The van der Waals surface area contributed by atoms with E-state index in [-0.39, 0.29) is 24.1 Å². The summed E-state index contributed by atoms with van der Waals surface area (Å²) in [5.74, 6) is 0.230. The first-order valence-corrected chi connectivity index (χ1v) is 9.32. The number of carbonyl (C=O) groups excluding carboxylic acids is 2. The van der Waals surface area contributed by atoms with E-state index in [0.29, 0.717) is 47.9 Å². The molecular weight excluding hydrogens is 375 g/mol. The first-order chi connectivity index (χ1) is 14.0. The van der Waals surface area contributed by atoms with Crippen LogP contribution in [-0.4, -0.2) is 22.0 Å². The van der Waals surface area contributed by atoms with Crippen LogP contribution in [0.25, 0.3) is 11.4 Å². The van der Waals surface area contributed by atoms with Gasteiger partial charge in [-0.15, -0.1) is 0 Å². The van der Waals surface area contributed by atoms with Crippen LogP contribution in [0.2, 0.25) is 0 Å². The Kier molecular flexibility index (Phi) is 6.67. The minimum Gasteiger partial charge on any atom is -0.339 e. The van der Waals surface area contributed by atoms with Gasteiger partial charge in [0.05, 0.1) is 0 Å². The second kappa shape index (κ2) is 9.59. The number of aryl methyl sites for hydroxylation is 1. The molecule has 2 N–H and O–H groups in total. The van der Waals surface area contributed by atoms with Gasteiger partial charge in [-0.25, -0.2) is 4.39 Å². The number of hydrogen-bond donors (Lipinski definition) is 2. The highest BCUT2D eigenvalue weighted by Crippen LogP contribution is 2.18. The standard InChI is InChI=1S/C21H21FN4O3/c1-2-18(27)23-16-5-3-6-17(13-16)24-19(28)7-4-8-20-25-21(26-29-20)14-9-11-15(22)12-10-14/h3,5-6,9-13H,2,4,7-8H2,1H3,(H,23,27)(H,24,28). The van der Waals surface area contributed by atoms with Crippen LogP contribution in [-0.2, 0) is 16.0 Å².